The average molecular weight is 357 g/mol. The molecule has 1 aliphatic heterocycles. The molecule has 0 spiro atoms. The average Bonchev–Trinajstić information content (AvgIpc) is 3.55. The van der Waals surface area contributed by atoms with Crippen molar-refractivity contribution in [3.05, 3.63) is 70.8 Å². The third-order valence-corrected chi connectivity index (χ3v) is 4.89. The third kappa shape index (κ3) is 4.45. The maximum atomic E-state index is 5.89. The monoisotopic (exact) mass is 357 g/mol. The molecule has 1 atom stereocenters. The van der Waals surface area contributed by atoms with Crippen LogP contribution in [0.25, 0.3) is 0 Å². The van der Waals surface area contributed by atoms with E-state index < -0.39 is 0 Å². The Morgan fingerprint density at radius 2 is 1.96 bits per heavy atom. The lowest BCUT2D eigenvalue weighted by Crippen LogP contribution is -2.18. The summed E-state index contributed by atoms with van der Waals surface area (Å²) in [6.45, 7) is 1.29. The van der Waals surface area contributed by atoms with Crippen molar-refractivity contribution in [2.24, 2.45) is 21.9 Å². The van der Waals surface area contributed by atoms with E-state index in [4.69, 9.17) is 10.6 Å². The molecule has 0 bridgehead atoms. The summed E-state index contributed by atoms with van der Waals surface area (Å²) in [5.74, 6) is 12.7. The van der Waals surface area contributed by atoms with Crippen molar-refractivity contribution in [2.75, 3.05) is 13.2 Å². The van der Waals surface area contributed by atoms with Gasteiger partial charge < -0.3 is 10.6 Å². The number of nitrogens with two attached hydrogens (primary N) is 1. The fourth-order valence-corrected chi connectivity index (χ4v) is 3.18. The highest BCUT2D eigenvalue weighted by molar-refractivity contribution is 6.38. The summed E-state index contributed by atoms with van der Waals surface area (Å²) in [5.41, 5.74) is 5.18. The van der Waals surface area contributed by atoms with Gasteiger partial charge in [0.05, 0.1) is 13.2 Å². The van der Waals surface area contributed by atoms with Gasteiger partial charge in [0.25, 0.3) is 0 Å². The molecule has 2 aromatic rings. The highest BCUT2D eigenvalue weighted by Crippen LogP contribution is 2.28. The molecule has 136 valence electrons. The number of hydrogen-bond acceptors (Lipinski definition) is 4. The second-order valence-electron chi connectivity index (χ2n) is 6.94. The minimum Gasteiger partial charge on any atom is -0.371 e. The largest absolute Gasteiger partial charge is 0.371 e. The number of benzene rings is 2. The number of nitrogens with zero attached hydrogens (tertiary/aromatic N) is 2. The van der Waals surface area contributed by atoms with Crippen molar-refractivity contribution < 1.29 is 4.74 Å². The van der Waals surface area contributed by atoms with E-state index in [0.29, 0.717) is 18.2 Å². The second-order valence-corrected chi connectivity index (χ2v) is 6.94. The summed E-state index contributed by atoms with van der Waals surface area (Å²) in [4.78, 5) is 4.54. The molecule has 1 aliphatic carbocycles. The summed E-state index contributed by atoms with van der Waals surface area (Å²) >= 11 is 0. The Bertz CT molecular complexity index is 915. The summed E-state index contributed by atoms with van der Waals surface area (Å²) in [7, 11) is 0. The molecule has 4 heteroatoms. The molecule has 2 N–H and O–H groups in total. The zero-order chi connectivity index (χ0) is 18.5. The minimum absolute atomic E-state index is 0.00898. The van der Waals surface area contributed by atoms with E-state index in [1.54, 1.807) is 6.21 Å². The van der Waals surface area contributed by atoms with Crippen molar-refractivity contribution in [3.63, 3.8) is 0 Å². The van der Waals surface area contributed by atoms with Crippen molar-refractivity contribution >= 4 is 11.9 Å². The lowest BCUT2D eigenvalue weighted by molar-refractivity contribution is 0.0489. The molecule has 1 heterocycles. The molecule has 4 rings (SSSR count). The van der Waals surface area contributed by atoms with Gasteiger partial charge in [-0.05, 0) is 42.5 Å². The Labute approximate surface area is 160 Å². The van der Waals surface area contributed by atoms with Crippen molar-refractivity contribution in [1.82, 2.24) is 0 Å². The molecule has 4 nitrogen and oxygen atoms in total. The summed E-state index contributed by atoms with van der Waals surface area (Å²) in [6.07, 6.45) is 5.15. The van der Waals surface area contributed by atoms with E-state index in [-0.39, 0.29) is 6.10 Å². The van der Waals surface area contributed by atoms with Crippen LogP contribution >= 0.6 is 0 Å². The van der Waals surface area contributed by atoms with Gasteiger partial charge in [-0.25, -0.2) is 0 Å². The number of aliphatic imine (C=N–C) groups is 1. The van der Waals surface area contributed by atoms with Gasteiger partial charge in [-0.1, -0.05) is 48.2 Å². The Hall–Kier alpha value is -2.90. The van der Waals surface area contributed by atoms with E-state index in [0.717, 1.165) is 24.2 Å². The summed E-state index contributed by atoms with van der Waals surface area (Å²) < 4.78 is 5.89. The quantitative estimate of drug-likeness (QED) is 0.394. The van der Waals surface area contributed by atoms with Crippen LogP contribution in [-0.4, -0.2) is 25.1 Å². The van der Waals surface area contributed by atoms with Crippen LogP contribution in [0.1, 0.15) is 41.2 Å². The van der Waals surface area contributed by atoms with Crippen molar-refractivity contribution in [3.8, 4) is 11.8 Å². The van der Waals surface area contributed by atoms with Crippen LogP contribution in [0.4, 0.5) is 0 Å². The Kier molecular flexibility index (Phi) is 5.32. The Morgan fingerprint density at radius 1 is 1.15 bits per heavy atom. The topological polar surface area (TPSA) is 60.0 Å². The predicted octanol–water partition coefficient (Wildman–Crippen LogP) is 3.50. The van der Waals surface area contributed by atoms with Gasteiger partial charge in [-0.2, -0.15) is 5.10 Å². The molecule has 1 unspecified atom stereocenters. The highest BCUT2D eigenvalue weighted by atomic mass is 16.5. The predicted molar refractivity (Wildman–Crippen MR) is 109 cm³/mol. The summed E-state index contributed by atoms with van der Waals surface area (Å²) in [6, 6.07) is 16.4. The van der Waals surface area contributed by atoms with Crippen LogP contribution in [0.15, 0.2) is 58.6 Å². The number of hydrogen-bond donors (Lipinski definition) is 1. The SMILES string of the molecule is N/N=C(\C=NCC1OCCc2ccccc21)c1ccc(C#CC2CC2)cc1. The van der Waals surface area contributed by atoms with Crippen LogP contribution in [-0.2, 0) is 11.2 Å². The molecule has 1 fully saturated rings. The zero-order valence-corrected chi connectivity index (χ0v) is 15.3. The molecule has 0 amide bonds. The molecule has 0 aromatic heterocycles. The number of fused-ring (bicyclic) bond motifs is 1. The number of hydrazone groups is 1. The molecule has 2 aliphatic rings. The molecule has 0 saturated heterocycles. The first-order chi connectivity index (χ1) is 13.3. The smallest absolute Gasteiger partial charge is 0.108 e. The van der Waals surface area contributed by atoms with Crippen molar-refractivity contribution in [2.45, 2.75) is 25.4 Å². The van der Waals surface area contributed by atoms with E-state index in [9.17, 15) is 0 Å². The van der Waals surface area contributed by atoms with E-state index in [1.807, 2.05) is 30.3 Å². The first-order valence-corrected chi connectivity index (χ1v) is 9.42. The van der Waals surface area contributed by atoms with Crippen LogP contribution in [0.5, 0.6) is 0 Å². The van der Waals surface area contributed by atoms with Gasteiger partial charge in [-0.3, -0.25) is 4.99 Å². The van der Waals surface area contributed by atoms with E-state index in [1.165, 1.54) is 24.0 Å². The standard InChI is InChI=1S/C23H23N3O/c24-26-22(20-11-9-18(10-12-20)8-7-17-5-6-17)15-25-16-23-21-4-2-1-3-19(21)13-14-27-23/h1-4,9-12,15,17,23H,5-6,13-14,16,24H2/b25-15?,26-22+. The Balaban J connectivity index is 1.41. The lowest BCUT2D eigenvalue weighted by atomic mass is 9.98. The Morgan fingerprint density at radius 3 is 2.74 bits per heavy atom. The zero-order valence-electron chi connectivity index (χ0n) is 15.3. The molecule has 0 radical (unpaired) electrons. The minimum atomic E-state index is -0.00898. The third-order valence-electron chi connectivity index (χ3n) is 4.89. The number of ether oxygens (including phenoxy) is 1. The number of rotatable bonds is 4. The maximum Gasteiger partial charge on any atom is 0.108 e. The van der Waals surface area contributed by atoms with E-state index >= 15 is 0 Å². The maximum absolute atomic E-state index is 5.89. The second kappa shape index (κ2) is 8.20. The van der Waals surface area contributed by atoms with Crippen LogP contribution < -0.4 is 5.84 Å². The van der Waals surface area contributed by atoms with Gasteiger partial charge in [0.1, 0.15) is 11.8 Å². The van der Waals surface area contributed by atoms with Gasteiger partial charge >= 0.3 is 0 Å². The van der Waals surface area contributed by atoms with Gasteiger partial charge in [0.2, 0.25) is 0 Å². The van der Waals surface area contributed by atoms with Gasteiger partial charge in [0.15, 0.2) is 0 Å². The van der Waals surface area contributed by atoms with Crippen LogP contribution in [0.2, 0.25) is 0 Å². The van der Waals surface area contributed by atoms with E-state index in [2.05, 4.69) is 40.1 Å². The fourth-order valence-electron chi connectivity index (χ4n) is 3.18. The molecule has 2 aromatic carbocycles. The van der Waals surface area contributed by atoms with Crippen LogP contribution in [0, 0.1) is 17.8 Å². The van der Waals surface area contributed by atoms with Crippen LogP contribution in [0.3, 0.4) is 0 Å². The summed E-state index contributed by atoms with van der Waals surface area (Å²) in [5, 5.41) is 3.89. The first-order valence-electron chi connectivity index (χ1n) is 9.42. The highest BCUT2D eigenvalue weighted by Gasteiger charge is 2.19. The van der Waals surface area contributed by atoms with Crippen molar-refractivity contribution in [1.29, 1.82) is 0 Å². The lowest BCUT2D eigenvalue weighted by Gasteiger charge is -2.24. The normalized spacial score (nSPS) is 19.4. The molecular weight excluding hydrogens is 334 g/mol. The molecular formula is C23H23N3O. The molecule has 27 heavy (non-hydrogen) atoms. The molecule has 1 saturated carbocycles. The van der Waals surface area contributed by atoms with Gasteiger partial charge in [-0.15, -0.1) is 0 Å². The fraction of sp³-hybridized carbons (Fsp3) is 0.304. The van der Waals surface area contributed by atoms with Gasteiger partial charge in [0, 0.05) is 23.3 Å². The first kappa shape index (κ1) is 17.5.